The molecule has 1 saturated heterocycles. The lowest BCUT2D eigenvalue weighted by atomic mass is 10.1. The van der Waals surface area contributed by atoms with Crippen molar-refractivity contribution in [3.05, 3.63) is 35.4 Å². The zero-order valence-electron chi connectivity index (χ0n) is 14.0. The first-order valence-corrected chi connectivity index (χ1v) is 8.59. The van der Waals surface area contributed by atoms with E-state index in [0.29, 0.717) is 22.9 Å². The van der Waals surface area contributed by atoms with Gasteiger partial charge < -0.3 is 9.64 Å². The molecular formula is C18H20ClN3O2. The molecule has 1 amide bonds. The topological polar surface area (TPSA) is 55.3 Å². The quantitative estimate of drug-likeness (QED) is 0.736. The summed E-state index contributed by atoms with van der Waals surface area (Å²) in [6, 6.07) is 3.84. The Hall–Kier alpha value is -1.88. The van der Waals surface area contributed by atoms with Crippen LogP contribution in [0.3, 0.4) is 0 Å². The Morgan fingerprint density at radius 3 is 2.67 bits per heavy atom. The van der Waals surface area contributed by atoms with Gasteiger partial charge in [-0.15, -0.1) is 0 Å². The normalized spacial score (nSPS) is 25.7. The van der Waals surface area contributed by atoms with E-state index >= 15 is 0 Å². The molecule has 1 aliphatic carbocycles. The van der Waals surface area contributed by atoms with E-state index in [9.17, 15) is 4.79 Å². The molecule has 6 heteroatoms. The van der Waals surface area contributed by atoms with Gasteiger partial charge >= 0.3 is 6.09 Å². The minimum Gasteiger partial charge on any atom is -0.444 e. The molecule has 0 aromatic carbocycles. The van der Waals surface area contributed by atoms with Crippen molar-refractivity contribution in [3.63, 3.8) is 0 Å². The molecule has 0 radical (unpaired) electrons. The minimum absolute atomic E-state index is 0.216. The van der Waals surface area contributed by atoms with Gasteiger partial charge in [-0.1, -0.05) is 11.6 Å². The van der Waals surface area contributed by atoms with Crippen LogP contribution in [-0.2, 0) is 4.74 Å². The van der Waals surface area contributed by atoms with E-state index in [1.165, 1.54) is 0 Å². The molecule has 2 aromatic rings. The molecule has 0 bridgehead atoms. The highest BCUT2D eigenvalue weighted by atomic mass is 35.5. The summed E-state index contributed by atoms with van der Waals surface area (Å²) >= 11 is 6.05. The van der Waals surface area contributed by atoms with E-state index in [1.807, 2.05) is 44.0 Å². The fraction of sp³-hybridized carbons (Fsp3) is 0.500. The summed E-state index contributed by atoms with van der Waals surface area (Å²) in [5.74, 6) is 1.32. The summed E-state index contributed by atoms with van der Waals surface area (Å²) in [6.45, 7) is 7.15. The third kappa shape index (κ3) is 2.71. The number of hydrogen-bond acceptors (Lipinski definition) is 4. The first-order chi connectivity index (χ1) is 11.3. The number of nitrogens with zero attached hydrogens (tertiary/aromatic N) is 3. The van der Waals surface area contributed by atoms with Crippen LogP contribution in [0.2, 0.25) is 5.15 Å². The predicted octanol–water partition coefficient (Wildman–Crippen LogP) is 3.86. The van der Waals surface area contributed by atoms with Crippen LogP contribution in [0.4, 0.5) is 4.79 Å². The Balaban J connectivity index is 1.51. The van der Waals surface area contributed by atoms with Gasteiger partial charge in [0.2, 0.25) is 0 Å². The van der Waals surface area contributed by atoms with Crippen molar-refractivity contribution in [1.29, 1.82) is 0 Å². The summed E-state index contributed by atoms with van der Waals surface area (Å²) in [4.78, 5) is 22.7. The Morgan fingerprint density at radius 1 is 1.29 bits per heavy atom. The van der Waals surface area contributed by atoms with Gasteiger partial charge in [-0.3, -0.25) is 4.98 Å². The van der Waals surface area contributed by atoms with Crippen LogP contribution < -0.4 is 0 Å². The number of pyridine rings is 2. The molecule has 3 atom stereocenters. The van der Waals surface area contributed by atoms with Gasteiger partial charge in [-0.25, -0.2) is 9.78 Å². The highest BCUT2D eigenvalue weighted by Gasteiger charge is 2.58. The van der Waals surface area contributed by atoms with Crippen LogP contribution in [0.5, 0.6) is 0 Å². The predicted molar refractivity (Wildman–Crippen MR) is 92.1 cm³/mol. The molecule has 1 aliphatic heterocycles. The number of halogens is 1. The van der Waals surface area contributed by atoms with Crippen LogP contribution in [-0.4, -0.2) is 39.7 Å². The Kier molecular flexibility index (Phi) is 3.46. The maximum atomic E-state index is 12.2. The summed E-state index contributed by atoms with van der Waals surface area (Å²) in [7, 11) is 0. The standard InChI is InChI=1S/C18H20ClN3O2/c1-18(2,3)24-17(23)22-8-12-13(9-22)15(12)16-11-6-14(19)21-7-10(11)4-5-20-16/h4-7,12-13,15H,8-9H2,1-3H3/t12-,13+,15?. The van der Waals surface area contributed by atoms with Gasteiger partial charge in [0, 0.05) is 42.2 Å². The zero-order chi connectivity index (χ0) is 17.1. The van der Waals surface area contributed by atoms with Crippen molar-refractivity contribution >= 4 is 28.5 Å². The number of rotatable bonds is 1. The molecule has 0 spiro atoms. The number of hydrogen-bond donors (Lipinski definition) is 0. The molecule has 1 saturated carbocycles. The average molecular weight is 346 g/mol. The molecule has 0 N–H and O–H groups in total. The SMILES string of the molecule is CC(C)(C)OC(=O)N1C[C@@H]2C(c3nccc4cnc(Cl)cc34)[C@@H]2C1. The first kappa shape index (κ1) is 15.6. The van der Waals surface area contributed by atoms with Crippen LogP contribution in [0.1, 0.15) is 32.4 Å². The summed E-state index contributed by atoms with van der Waals surface area (Å²) in [5, 5.41) is 2.61. The smallest absolute Gasteiger partial charge is 0.410 e. The molecule has 3 heterocycles. The minimum atomic E-state index is -0.454. The summed E-state index contributed by atoms with van der Waals surface area (Å²) < 4.78 is 5.46. The van der Waals surface area contributed by atoms with Crippen LogP contribution in [0.15, 0.2) is 24.5 Å². The van der Waals surface area contributed by atoms with Gasteiger partial charge in [-0.05, 0) is 44.7 Å². The number of amides is 1. The lowest BCUT2D eigenvalue weighted by Crippen LogP contribution is -2.36. The van der Waals surface area contributed by atoms with Gasteiger partial charge in [-0.2, -0.15) is 0 Å². The fourth-order valence-corrected chi connectivity index (χ4v) is 3.89. The van der Waals surface area contributed by atoms with Crippen molar-refractivity contribution in [2.45, 2.75) is 32.3 Å². The molecule has 126 valence electrons. The van der Waals surface area contributed by atoms with Gasteiger partial charge in [0.15, 0.2) is 0 Å². The fourth-order valence-electron chi connectivity index (χ4n) is 3.74. The molecule has 2 aromatic heterocycles. The monoisotopic (exact) mass is 345 g/mol. The molecule has 5 nitrogen and oxygen atoms in total. The van der Waals surface area contributed by atoms with E-state index in [2.05, 4.69) is 9.97 Å². The van der Waals surface area contributed by atoms with E-state index in [-0.39, 0.29) is 6.09 Å². The molecule has 4 rings (SSSR count). The highest BCUT2D eigenvalue weighted by Crippen LogP contribution is 2.58. The second kappa shape index (κ2) is 5.31. The third-order valence-corrected chi connectivity index (χ3v) is 5.01. The lowest BCUT2D eigenvalue weighted by Gasteiger charge is -2.26. The van der Waals surface area contributed by atoms with Crippen LogP contribution in [0, 0.1) is 11.8 Å². The number of piperidine rings is 1. The van der Waals surface area contributed by atoms with Crippen LogP contribution in [0.25, 0.3) is 10.8 Å². The zero-order valence-corrected chi connectivity index (χ0v) is 14.7. The highest BCUT2D eigenvalue weighted by molar-refractivity contribution is 6.30. The molecule has 2 fully saturated rings. The van der Waals surface area contributed by atoms with Crippen molar-refractivity contribution in [1.82, 2.24) is 14.9 Å². The van der Waals surface area contributed by atoms with Gasteiger partial charge in [0.25, 0.3) is 0 Å². The van der Waals surface area contributed by atoms with E-state index in [1.54, 1.807) is 6.20 Å². The van der Waals surface area contributed by atoms with Crippen molar-refractivity contribution in [2.24, 2.45) is 11.8 Å². The average Bonchev–Trinajstić information content (AvgIpc) is 2.98. The van der Waals surface area contributed by atoms with Gasteiger partial charge in [0.05, 0.1) is 5.69 Å². The second-order valence-electron chi connectivity index (χ2n) is 7.66. The van der Waals surface area contributed by atoms with Gasteiger partial charge in [0.1, 0.15) is 10.8 Å². The van der Waals surface area contributed by atoms with E-state index in [4.69, 9.17) is 16.3 Å². The largest absolute Gasteiger partial charge is 0.444 e. The third-order valence-electron chi connectivity index (χ3n) is 4.81. The number of ether oxygens (including phenoxy) is 1. The molecular weight excluding hydrogens is 326 g/mol. The molecule has 2 aliphatic rings. The second-order valence-corrected chi connectivity index (χ2v) is 8.05. The number of carbonyl (C=O) groups excluding carboxylic acids is 1. The maximum Gasteiger partial charge on any atom is 0.410 e. The first-order valence-electron chi connectivity index (χ1n) is 8.21. The number of aromatic nitrogens is 2. The Morgan fingerprint density at radius 2 is 2.00 bits per heavy atom. The van der Waals surface area contributed by atoms with E-state index in [0.717, 1.165) is 29.6 Å². The number of fused-ring (bicyclic) bond motifs is 2. The van der Waals surface area contributed by atoms with Crippen molar-refractivity contribution in [2.75, 3.05) is 13.1 Å². The van der Waals surface area contributed by atoms with Crippen molar-refractivity contribution in [3.8, 4) is 0 Å². The Labute approximate surface area is 146 Å². The van der Waals surface area contributed by atoms with Crippen LogP contribution >= 0.6 is 11.6 Å². The molecule has 24 heavy (non-hydrogen) atoms. The summed E-state index contributed by atoms with van der Waals surface area (Å²) in [6.07, 6.45) is 3.40. The lowest BCUT2D eigenvalue weighted by molar-refractivity contribution is 0.0271. The maximum absolute atomic E-state index is 12.2. The molecule has 1 unspecified atom stereocenters. The summed E-state index contributed by atoms with van der Waals surface area (Å²) in [5.41, 5.74) is 0.625. The van der Waals surface area contributed by atoms with Crippen molar-refractivity contribution < 1.29 is 9.53 Å². The van der Waals surface area contributed by atoms with E-state index < -0.39 is 5.60 Å². The number of carbonyl (C=O) groups is 1. The Bertz CT molecular complexity index is 806. The number of likely N-dealkylation sites (tertiary alicyclic amines) is 1.